The second-order valence-electron chi connectivity index (χ2n) is 5.50. The first kappa shape index (κ1) is 16.6. The number of aryl methyl sites for hydroxylation is 1. The summed E-state index contributed by atoms with van der Waals surface area (Å²) in [5, 5.41) is 6.93. The van der Waals surface area contributed by atoms with E-state index in [2.05, 4.69) is 10.3 Å². The van der Waals surface area contributed by atoms with Crippen LogP contribution < -0.4 is 5.56 Å². The smallest absolute Gasteiger partial charge is 0.277 e. The third-order valence-electron chi connectivity index (χ3n) is 4.16. The van der Waals surface area contributed by atoms with Gasteiger partial charge in [0.15, 0.2) is 5.78 Å². The monoisotopic (exact) mass is 345 g/mol. The zero-order valence-corrected chi connectivity index (χ0v) is 14.7. The SMILES string of the molecule is CCn1[nH]cc(C(=O)c2ccc3c(c2C)/C(=N/OC)CCS3)c1=O. The Morgan fingerprint density at radius 2 is 2.21 bits per heavy atom. The van der Waals surface area contributed by atoms with Crippen molar-refractivity contribution in [2.75, 3.05) is 12.9 Å². The van der Waals surface area contributed by atoms with Crippen molar-refractivity contribution < 1.29 is 9.63 Å². The molecule has 1 aliphatic heterocycles. The molecule has 1 aromatic carbocycles. The van der Waals surface area contributed by atoms with Gasteiger partial charge in [-0.15, -0.1) is 11.8 Å². The second-order valence-corrected chi connectivity index (χ2v) is 6.63. The highest BCUT2D eigenvalue weighted by Gasteiger charge is 2.25. The summed E-state index contributed by atoms with van der Waals surface area (Å²) in [7, 11) is 1.52. The quantitative estimate of drug-likeness (QED) is 0.682. The number of carbonyl (C=O) groups excluding carboxylic acids is 1. The first-order chi connectivity index (χ1) is 11.6. The molecule has 0 fully saturated rings. The molecule has 1 aromatic heterocycles. The van der Waals surface area contributed by atoms with E-state index in [-0.39, 0.29) is 16.9 Å². The summed E-state index contributed by atoms with van der Waals surface area (Å²) in [6.45, 7) is 4.24. The van der Waals surface area contributed by atoms with Crippen LogP contribution in [0.5, 0.6) is 0 Å². The number of thioether (sulfide) groups is 1. The highest BCUT2D eigenvalue weighted by atomic mass is 32.2. The molecule has 24 heavy (non-hydrogen) atoms. The predicted molar refractivity (Wildman–Crippen MR) is 94.2 cm³/mol. The van der Waals surface area contributed by atoms with E-state index in [4.69, 9.17) is 4.84 Å². The third kappa shape index (κ3) is 2.69. The van der Waals surface area contributed by atoms with Crippen molar-refractivity contribution in [3.05, 3.63) is 50.9 Å². The fourth-order valence-corrected chi connectivity index (χ4v) is 4.04. The summed E-state index contributed by atoms with van der Waals surface area (Å²) in [6, 6.07) is 3.72. The molecule has 0 bridgehead atoms. The lowest BCUT2D eigenvalue weighted by Crippen LogP contribution is -2.22. The van der Waals surface area contributed by atoms with Gasteiger partial charge in [-0.2, -0.15) is 0 Å². The van der Waals surface area contributed by atoms with Crippen LogP contribution >= 0.6 is 11.8 Å². The minimum absolute atomic E-state index is 0.161. The van der Waals surface area contributed by atoms with Gasteiger partial charge in [0, 0.05) is 40.9 Å². The van der Waals surface area contributed by atoms with Crippen molar-refractivity contribution in [1.29, 1.82) is 0 Å². The Hall–Kier alpha value is -2.28. The number of carbonyl (C=O) groups is 1. The van der Waals surface area contributed by atoms with Crippen LogP contribution in [0.4, 0.5) is 0 Å². The molecule has 0 saturated heterocycles. The molecule has 0 saturated carbocycles. The van der Waals surface area contributed by atoms with E-state index >= 15 is 0 Å². The fourth-order valence-electron chi connectivity index (χ4n) is 2.95. The number of rotatable bonds is 4. The highest BCUT2D eigenvalue weighted by Crippen LogP contribution is 2.34. The van der Waals surface area contributed by atoms with Crippen LogP contribution in [0.15, 0.2) is 33.2 Å². The van der Waals surface area contributed by atoms with Crippen LogP contribution in [0.2, 0.25) is 0 Å². The average molecular weight is 345 g/mol. The van der Waals surface area contributed by atoms with Gasteiger partial charge in [-0.3, -0.25) is 14.3 Å². The molecule has 0 aliphatic carbocycles. The molecule has 0 spiro atoms. The van der Waals surface area contributed by atoms with Gasteiger partial charge in [0.05, 0.1) is 5.71 Å². The molecule has 7 heteroatoms. The Balaban J connectivity index is 2.11. The zero-order chi connectivity index (χ0) is 17.3. The van der Waals surface area contributed by atoms with Crippen molar-refractivity contribution in [2.24, 2.45) is 5.16 Å². The zero-order valence-electron chi connectivity index (χ0n) is 13.9. The number of aromatic amines is 1. The summed E-state index contributed by atoms with van der Waals surface area (Å²) in [5.74, 6) is 0.664. The van der Waals surface area contributed by atoms with Crippen LogP contribution in [0.3, 0.4) is 0 Å². The van der Waals surface area contributed by atoms with Gasteiger partial charge in [0.2, 0.25) is 0 Å². The van der Waals surface area contributed by atoms with Gasteiger partial charge in [0.1, 0.15) is 12.7 Å². The maximum absolute atomic E-state index is 12.9. The fraction of sp³-hybridized carbons (Fsp3) is 0.353. The Morgan fingerprint density at radius 3 is 2.88 bits per heavy atom. The Bertz CT molecular complexity index is 880. The van der Waals surface area contributed by atoms with E-state index in [1.807, 2.05) is 19.9 Å². The summed E-state index contributed by atoms with van der Waals surface area (Å²) in [4.78, 5) is 31.1. The van der Waals surface area contributed by atoms with Crippen LogP contribution in [0.25, 0.3) is 0 Å². The van der Waals surface area contributed by atoms with Gasteiger partial charge in [-0.25, -0.2) is 0 Å². The van der Waals surface area contributed by atoms with Gasteiger partial charge in [-0.1, -0.05) is 5.16 Å². The molecular weight excluding hydrogens is 326 g/mol. The normalized spacial score (nSPS) is 15.4. The number of benzene rings is 1. The number of aromatic nitrogens is 2. The molecule has 2 aromatic rings. The number of hydrogen-bond acceptors (Lipinski definition) is 5. The summed E-state index contributed by atoms with van der Waals surface area (Å²) >= 11 is 1.74. The summed E-state index contributed by atoms with van der Waals surface area (Å²) in [5.41, 5.74) is 3.03. The van der Waals surface area contributed by atoms with Gasteiger partial charge in [0.25, 0.3) is 5.56 Å². The molecule has 6 nitrogen and oxygen atoms in total. The highest BCUT2D eigenvalue weighted by molar-refractivity contribution is 7.99. The number of ketones is 1. The Morgan fingerprint density at radius 1 is 1.42 bits per heavy atom. The van der Waals surface area contributed by atoms with Crippen LogP contribution in [0, 0.1) is 6.92 Å². The van der Waals surface area contributed by atoms with Gasteiger partial charge in [-0.05, 0) is 31.5 Å². The Labute approximate surface area is 143 Å². The number of fused-ring (bicyclic) bond motifs is 1. The molecule has 126 valence electrons. The van der Waals surface area contributed by atoms with Crippen LogP contribution in [-0.4, -0.2) is 34.1 Å². The summed E-state index contributed by atoms with van der Waals surface area (Å²) < 4.78 is 1.41. The van der Waals surface area contributed by atoms with Crippen molar-refractivity contribution >= 4 is 23.3 Å². The van der Waals surface area contributed by atoms with E-state index in [9.17, 15) is 9.59 Å². The van der Waals surface area contributed by atoms with Crippen molar-refractivity contribution in [3.8, 4) is 0 Å². The number of hydrogen-bond donors (Lipinski definition) is 1. The van der Waals surface area contributed by atoms with E-state index in [1.165, 1.54) is 18.0 Å². The second kappa shape index (κ2) is 6.68. The lowest BCUT2D eigenvalue weighted by molar-refractivity contribution is 0.103. The van der Waals surface area contributed by atoms with Gasteiger partial charge >= 0.3 is 0 Å². The molecule has 2 heterocycles. The molecule has 1 N–H and O–H groups in total. The average Bonchev–Trinajstić information content (AvgIpc) is 2.95. The number of nitrogens with zero attached hydrogens (tertiary/aromatic N) is 2. The molecule has 3 rings (SSSR count). The molecular formula is C17H19N3O3S. The maximum atomic E-state index is 12.9. The van der Waals surface area contributed by atoms with E-state index in [0.717, 1.165) is 33.9 Å². The minimum Gasteiger partial charge on any atom is -0.399 e. The molecule has 0 radical (unpaired) electrons. The van der Waals surface area contributed by atoms with Crippen molar-refractivity contribution in [2.45, 2.75) is 31.7 Å². The molecule has 1 aliphatic rings. The first-order valence-electron chi connectivity index (χ1n) is 7.78. The summed E-state index contributed by atoms with van der Waals surface area (Å²) in [6.07, 6.45) is 2.27. The lowest BCUT2D eigenvalue weighted by atomic mass is 9.93. The molecule has 0 amide bonds. The van der Waals surface area contributed by atoms with E-state index in [0.29, 0.717) is 12.1 Å². The van der Waals surface area contributed by atoms with Crippen LogP contribution in [0.1, 0.15) is 40.4 Å². The van der Waals surface area contributed by atoms with Crippen molar-refractivity contribution in [1.82, 2.24) is 9.78 Å². The Kier molecular flexibility index (Phi) is 4.62. The maximum Gasteiger partial charge on any atom is 0.277 e. The van der Waals surface area contributed by atoms with Gasteiger partial charge < -0.3 is 9.94 Å². The topological polar surface area (TPSA) is 76.4 Å². The predicted octanol–water partition coefficient (Wildman–Crippen LogP) is 2.58. The van der Waals surface area contributed by atoms with Crippen molar-refractivity contribution in [3.63, 3.8) is 0 Å². The number of H-pyrrole nitrogens is 1. The van der Waals surface area contributed by atoms with Crippen LogP contribution in [-0.2, 0) is 11.4 Å². The molecule has 0 unspecified atom stereocenters. The standard InChI is InChI=1S/C17H19N3O3S/c1-4-20-17(22)12(9-18-20)16(21)11-5-6-14-15(10(11)2)13(19-23-3)7-8-24-14/h5-6,9,18H,4,7-8H2,1-3H3/b19-13+. The van der Waals surface area contributed by atoms with E-state index < -0.39 is 0 Å². The lowest BCUT2D eigenvalue weighted by Gasteiger charge is -2.20. The number of nitrogens with one attached hydrogen (secondary N) is 1. The first-order valence-corrected chi connectivity index (χ1v) is 8.76. The van der Waals surface area contributed by atoms with E-state index in [1.54, 1.807) is 17.8 Å². The largest absolute Gasteiger partial charge is 0.399 e. The third-order valence-corrected chi connectivity index (χ3v) is 5.22. The minimum atomic E-state index is -0.292. The number of oxime groups is 1. The molecule has 0 atom stereocenters.